The highest BCUT2D eigenvalue weighted by Crippen LogP contribution is 2.41. The molecule has 0 bridgehead atoms. The minimum atomic E-state index is 0.0177. The van der Waals surface area contributed by atoms with Crippen molar-refractivity contribution in [3.63, 3.8) is 0 Å². The number of aryl methyl sites for hydroxylation is 1. The van der Waals surface area contributed by atoms with E-state index in [0.29, 0.717) is 5.92 Å². The van der Waals surface area contributed by atoms with Gasteiger partial charge < -0.3 is 15.2 Å². The van der Waals surface area contributed by atoms with Gasteiger partial charge >= 0.3 is 0 Å². The molecule has 19 heavy (non-hydrogen) atoms. The fraction of sp³-hybridized carbons (Fsp3) is 0.786. The molecule has 0 aliphatic carbocycles. The van der Waals surface area contributed by atoms with Crippen molar-refractivity contribution in [1.29, 1.82) is 0 Å². The zero-order chi connectivity index (χ0) is 13.3. The van der Waals surface area contributed by atoms with Gasteiger partial charge in [0, 0.05) is 25.2 Å². The molecule has 2 unspecified atom stereocenters. The molecule has 2 fully saturated rings. The third kappa shape index (κ3) is 2.84. The Labute approximate surface area is 118 Å². The van der Waals surface area contributed by atoms with Gasteiger partial charge in [0.15, 0.2) is 0 Å². The smallest absolute Gasteiger partial charge is 0.0898 e. The van der Waals surface area contributed by atoms with Gasteiger partial charge in [-0.1, -0.05) is 0 Å². The summed E-state index contributed by atoms with van der Waals surface area (Å²) in [5, 5.41) is 3.20. The number of thiazole rings is 1. The van der Waals surface area contributed by atoms with Gasteiger partial charge in [-0.25, -0.2) is 4.98 Å². The second kappa shape index (κ2) is 5.48. The second-order valence-corrected chi connectivity index (χ2v) is 6.78. The van der Waals surface area contributed by atoms with Gasteiger partial charge in [0.1, 0.15) is 0 Å². The largest absolute Gasteiger partial charge is 0.381 e. The van der Waals surface area contributed by atoms with Crippen LogP contribution in [0.2, 0.25) is 0 Å². The molecule has 3 heterocycles. The molecule has 3 rings (SSSR count). The van der Waals surface area contributed by atoms with Gasteiger partial charge in [0.25, 0.3) is 0 Å². The fourth-order valence-corrected chi connectivity index (χ4v) is 3.90. The standard InChI is InChI=1S/C14H22N2O2S/c1-10-16-12(9-19-10)13(15)11-2-5-18-14(8-11)3-6-17-7-4-14/h9,11,13H,2-8,15H2,1H3. The number of hydrogen-bond donors (Lipinski definition) is 1. The number of nitrogens with two attached hydrogens (primary N) is 1. The molecule has 0 amide bonds. The molecule has 1 aromatic heterocycles. The highest BCUT2D eigenvalue weighted by atomic mass is 32.1. The van der Waals surface area contributed by atoms with Gasteiger partial charge in [-0.2, -0.15) is 0 Å². The topological polar surface area (TPSA) is 57.4 Å². The lowest BCUT2D eigenvalue weighted by Crippen LogP contribution is -2.46. The molecule has 5 heteroatoms. The number of hydrogen-bond acceptors (Lipinski definition) is 5. The molecule has 0 aromatic carbocycles. The van der Waals surface area contributed by atoms with Crippen LogP contribution in [0.4, 0.5) is 0 Å². The molecule has 2 atom stereocenters. The molecule has 2 saturated heterocycles. The van der Waals surface area contributed by atoms with Crippen molar-refractivity contribution in [3.8, 4) is 0 Å². The molecule has 4 nitrogen and oxygen atoms in total. The van der Waals surface area contributed by atoms with Crippen molar-refractivity contribution >= 4 is 11.3 Å². The van der Waals surface area contributed by atoms with Crippen LogP contribution in [-0.2, 0) is 9.47 Å². The Balaban J connectivity index is 1.70. The highest BCUT2D eigenvalue weighted by molar-refractivity contribution is 7.09. The first-order valence-corrected chi connectivity index (χ1v) is 7.96. The maximum Gasteiger partial charge on any atom is 0.0898 e. The van der Waals surface area contributed by atoms with E-state index in [2.05, 4.69) is 10.4 Å². The summed E-state index contributed by atoms with van der Waals surface area (Å²) >= 11 is 1.68. The third-order valence-electron chi connectivity index (χ3n) is 4.42. The fourth-order valence-electron chi connectivity index (χ4n) is 3.24. The van der Waals surface area contributed by atoms with Gasteiger partial charge in [0.05, 0.1) is 22.3 Å². The summed E-state index contributed by atoms with van der Waals surface area (Å²) in [5.41, 5.74) is 7.50. The molecule has 0 radical (unpaired) electrons. The van der Waals surface area contributed by atoms with Crippen LogP contribution in [0.5, 0.6) is 0 Å². The first kappa shape index (κ1) is 13.5. The van der Waals surface area contributed by atoms with E-state index < -0.39 is 0 Å². The minimum Gasteiger partial charge on any atom is -0.381 e. The number of ether oxygens (including phenoxy) is 2. The van der Waals surface area contributed by atoms with Gasteiger partial charge in [-0.05, 0) is 38.5 Å². The van der Waals surface area contributed by atoms with Crippen LogP contribution < -0.4 is 5.73 Å². The van der Waals surface area contributed by atoms with Crippen molar-refractivity contribution in [2.24, 2.45) is 11.7 Å². The molecule has 2 aliphatic heterocycles. The Morgan fingerprint density at radius 1 is 1.42 bits per heavy atom. The van der Waals surface area contributed by atoms with E-state index in [-0.39, 0.29) is 11.6 Å². The van der Waals surface area contributed by atoms with Crippen LogP contribution in [0.15, 0.2) is 5.38 Å². The number of aromatic nitrogens is 1. The minimum absolute atomic E-state index is 0.0177. The maximum absolute atomic E-state index is 6.43. The normalized spacial score (nSPS) is 28.4. The lowest BCUT2D eigenvalue weighted by Gasteiger charge is -2.44. The van der Waals surface area contributed by atoms with E-state index in [1.54, 1.807) is 11.3 Å². The van der Waals surface area contributed by atoms with Crippen LogP contribution in [0.3, 0.4) is 0 Å². The van der Waals surface area contributed by atoms with Crippen LogP contribution >= 0.6 is 11.3 Å². The molecule has 106 valence electrons. The SMILES string of the molecule is Cc1nc(C(N)C2CCOC3(CCOCC3)C2)cs1. The van der Waals surface area contributed by atoms with Gasteiger partial charge in [0.2, 0.25) is 0 Å². The Kier molecular flexibility index (Phi) is 3.89. The van der Waals surface area contributed by atoms with E-state index in [1.807, 2.05) is 6.92 Å². The Bertz CT molecular complexity index is 423. The van der Waals surface area contributed by atoms with Gasteiger partial charge in [-0.15, -0.1) is 11.3 Å². The molecule has 2 N–H and O–H groups in total. The Morgan fingerprint density at radius 2 is 2.21 bits per heavy atom. The second-order valence-electron chi connectivity index (χ2n) is 5.71. The summed E-state index contributed by atoms with van der Waals surface area (Å²) in [6.45, 7) is 4.49. The average Bonchev–Trinajstić information content (AvgIpc) is 2.85. The maximum atomic E-state index is 6.43. The monoisotopic (exact) mass is 282 g/mol. The van der Waals surface area contributed by atoms with E-state index in [1.165, 1.54) is 0 Å². The predicted octanol–water partition coefficient (Wildman–Crippen LogP) is 2.43. The predicted molar refractivity (Wildman–Crippen MR) is 75.2 cm³/mol. The Hall–Kier alpha value is -0.490. The molecular formula is C14H22N2O2S. The first-order chi connectivity index (χ1) is 9.19. The Morgan fingerprint density at radius 3 is 2.89 bits per heavy atom. The lowest BCUT2D eigenvalue weighted by molar-refractivity contribution is -0.149. The van der Waals surface area contributed by atoms with Crippen molar-refractivity contribution in [1.82, 2.24) is 4.98 Å². The van der Waals surface area contributed by atoms with E-state index >= 15 is 0 Å². The van der Waals surface area contributed by atoms with Crippen LogP contribution in [0.25, 0.3) is 0 Å². The van der Waals surface area contributed by atoms with Crippen LogP contribution in [0, 0.1) is 12.8 Å². The van der Waals surface area contributed by atoms with E-state index in [4.69, 9.17) is 15.2 Å². The third-order valence-corrected chi connectivity index (χ3v) is 5.21. The van der Waals surface area contributed by atoms with E-state index in [9.17, 15) is 0 Å². The molecule has 0 saturated carbocycles. The number of rotatable bonds is 2. The summed E-state index contributed by atoms with van der Waals surface area (Å²) in [6, 6.07) is 0.0496. The summed E-state index contributed by atoms with van der Waals surface area (Å²) in [7, 11) is 0. The zero-order valence-electron chi connectivity index (χ0n) is 11.4. The molecule has 2 aliphatic rings. The van der Waals surface area contributed by atoms with E-state index in [0.717, 1.165) is 56.2 Å². The lowest BCUT2D eigenvalue weighted by atomic mass is 9.77. The van der Waals surface area contributed by atoms with Crippen LogP contribution in [0.1, 0.15) is 42.4 Å². The summed E-state index contributed by atoms with van der Waals surface area (Å²) in [6.07, 6.45) is 4.10. The summed E-state index contributed by atoms with van der Waals surface area (Å²) in [4.78, 5) is 4.55. The summed E-state index contributed by atoms with van der Waals surface area (Å²) < 4.78 is 11.5. The highest BCUT2D eigenvalue weighted by Gasteiger charge is 2.41. The van der Waals surface area contributed by atoms with Crippen molar-refractivity contribution < 1.29 is 9.47 Å². The molecule has 1 spiro atoms. The first-order valence-electron chi connectivity index (χ1n) is 7.08. The van der Waals surface area contributed by atoms with Crippen molar-refractivity contribution in [2.75, 3.05) is 19.8 Å². The summed E-state index contributed by atoms with van der Waals surface area (Å²) in [5.74, 6) is 0.480. The zero-order valence-corrected chi connectivity index (χ0v) is 12.2. The quantitative estimate of drug-likeness (QED) is 0.905. The van der Waals surface area contributed by atoms with Crippen molar-refractivity contribution in [3.05, 3.63) is 16.1 Å². The average molecular weight is 282 g/mol. The van der Waals surface area contributed by atoms with Gasteiger partial charge in [-0.3, -0.25) is 0 Å². The molecular weight excluding hydrogens is 260 g/mol. The number of nitrogens with zero attached hydrogens (tertiary/aromatic N) is 1. The van der Waals surface area contributed by atoms with Crippen molar-refractivity contribution in [2.45, 2.75) is 44.2 Å². The molecule has 1 aromatic rings. The van der Waals surface area contributed by atoms with Crippen LogP contribution in [-0.4, -0.2) is 30.4 Å².